The van der Waals surface area contributed by atoms with Crippen molar-refractivity contribution >= 4 is 15.9 Å². The van der Waals surface area contributed by atoms with E-state index in [2.05, 4.69) is 6.92 Å². The van der Waals surface area contributed by atoms with Crippen LogP contribution in [0, 0.1) is 0 Å². The van der Waals surface area contributed by atoms with Crippen molar-refractivity contribution in [2.24, 2.45) is 0 Å². The van der Waals surface area contributed by atoms with Crippen molar-refractivity contribution in [3.05, 3.63) is 0 Å². The van der Waals surface area contributed by atoms with Crippen molar-refractivity contribution < 1.29 is 36.1 Å². The summed E-state index contributed by atoms with van der Waals surface area (Å²) in [7, 11) is 0. The largest absolute Gasteiger partial charge is 0.481 e. The number of carboxylic acids is 1. The summed E-state index contributed by atoms with van der Waals surface area (Å²) in [4.78, 5) is 9.96. The molecule has 0 aliphatic carbocycles. The molecule has 11 heavy (non-hydrogen) atoms. The van der Waals surface area contributed by atoms with Crippen molar-refractivity contribution in [3.63, 3.8) is 0 Å². The quantitative estimate of drug-likeness (QED) is 0.603. The Hall–Kier alpha value is 0.783. The van der Waals surface area contributed by atoms with E-state index in [9.17, 15) is 4.79 Å². The second-order valence-corrected chi connectivity index (χ2v) is 2.20. The maximum atomic E-state index is 9.96. The molecule has 0 bridgehead atoms. The Morgan fingerprint density at radius 2 is 1.82 bits per heavy atom. The summed E-state index contributed by atoms with van der Waals surface area (Å²) < 4.78 is 0. The maximum absolute atomic E-state index is 9.96. The molecule has 0 aromatic rings. The number of aliphatic carboxylic acids is 1. The van der Waals surface area contributed by atoms with Gasteiger partial charge >= 0.3 is 5.97 Å². The van der Waals surface area contributed by atoms with E-state index in [4.69, 9.17) is 5.11 Å². The number of carboxylic acid groups (broad SMARTS) is 1. The summed E-state index contributed by atoms with van der Waals surface area (Å²) in [5.74, 6) is -0.675. The normalized spacial score (nSPS) is 7.73. The van der Waals surface area contributed by atoms with Gasteiger partial charge in [0.15, 0.2) is 0 Å². The van der Waals surface area contributed by atoms with E-state index < -0.39 is 5.97 Å². The van der Waals surface area contributed by atoms with Gasteiger partial charge in [-0.05, 0) is 6.42 Å². The molecule has 0 aromatic heterocycles. The number of hydrogen-bond donors (Lipinski definition) is 1. The van der Waals surface area contributed by atoms with Gasteiger partial charge < -0.3 is 5.11 Å². The first-order chi connectivity index (χ1) is 4.27. The minimum atomic E-state index is -0.675. The van der Waals surface area contributed by atoms with Gasteiger partial charge in [-0.2, -0.15) is 9.90 Å². The minimum absolute atomic E-state index is 0. The van der Waals surface area contributed by atoms with Gasteiger partial charge in [0.05, 0.1) is 0 Å². The van der Waals surface area contributed by atoms with Crippen LogP contribution in [0.15, 0.2) is 0 Å². The topological polar surface area (TPSA) is 37.3 Å². The molecule has 0 fully saturated rings. The molecule has 0 amide bonds. The fourth-order valence-electron chi connectivity index (χ4n) is 0.703. The fourth-order valence-corrected chi connectivity index (χ4v) is 0.703. The molecule has 0 aliphatic rings. The van der Waals surface area contributed by atoms with Crippen LogP contribution in [-0.4, -0.2) is 11.1 Å². The van der Waals surface area contributed by atoms with Gasteiger partial charge in [-0.15, -0.1) is 0 Å². The van der Waals surface area contributed by atoms with Crippen LogP contribution in [0.4, 0.5) is 0 Å². The van der Waals surface area contributed by atoms with Crippen molar-refractivity contribution in [1.29, 1.82) is 0 Å². The van der Waals surface area contributed by atoms with Crippen molar-refractivity contribution in [2.75, 3.05) is 0 Å². The molecule has 1 N–H and O–H groups in total. The van der Waals surface area contributed by atoms with Gasteiger partial charge in [0.1, 0.15) is 0 Å². The second kappa shape index (κ2) is 13.4. The molecule has 0 heterocycles. The third kappa shape index (κ3) is 18.1. The van der Waals surface area contributed by atoms with Crippen molar-refractivity contribution in [1.82, 2.24) is 0 Å². The molecule has 0 radical (unpaired) electrons. The Morgan fingerprint density at radius 3 is 2.18 bits per heavy atom. The summed E-state index contributed by atoms with van der Waals surface area (Å²) >= 11 is 0. The van der Waals surface area contributed by atoms with Gasteiger partial charge in [-0.3, -0.25) is 4.79 Å². The Labute approximate surface area is 90.9 Å². The average Bonchev–Trinajstić information content (AvgIpc) is 1.80. The number of rotatable bonds is 5. The summed E-state index contributed by atoms with van der Waals surface area (Å²) in [5.41, 5.74) is 0. The number of hydrogen-bond acceptors (Lipinski definition) is 1. The van der Waals surface area contributed by atoms with Crippen LogP contribution in [0.2, 0.25) is 0 Å². The van der Waals surface area contributed by atoms with Gasteiger partial charge in [-0.25, -0.2) is 0 Å². The van der Waals surface area contributed by atoms with Gasteiger partial charge in [-0.1, -0.05) is 26.2 Å². The molecule has 1 unspecified atom stereocenters. The van der Waals surface area contributed by atoms with Crippen LogP contribution < -0.4 is 0 Å². The Kier molecular flexibility index (Phi) is 21.6. The van der Waals surface area contributed by atoms with Crippen LogP contribution >= 0.6 is 9.90 Å². The summed E-state index contributed by atoms with van der Waals surface area (Å²) in [6.07, 6.45) is 4.55. The summed E-state index contributed by atoms with van der Waals surface area (Å²) in [6.45, 7) is 2.11. The molecule has 0 aromatic carbocycles. The first kappa shape index (κ1) is 17.8. The minimum Gasteiger partial charge on any atom is -0.481 e. The van der Waals surface area contributed by atoms with E-state index >= 15 is 0 Å². The van der Waals surface area contributed by atoms with E-state index in [1.165, 1.54) is 6.42 Å². The molecule has 1 atom stereocenters. The molecule has 0 rings (SSSR count). The first-order valence-electron chi connectivity index (χ1n) is 3.49. The van der Waals surface area contributed by atoms with Crippen LogP contribution in [0.5, 0.6) is 0 Å². The molecular weight excluding hydrogens is 238 g/mol. The predicted octanol–water partition coefficient (Wildman–Crippen LogP) is 2.10. The smallest absolute Gasteiger partial charge is 0.303 e. The Balaban J connectivity index is -0.000000320. The van der Waals surface area contributed by atoms with Gasteiger partial charge in [0.2, 0.25) is 0 Å². The molecule has 0 spiro atoms. The monoisotopic (exact) mass is 254 g/mol. The fraction of sp³-hybridized carbons (Fsp3) is 0.857. The Bertz CT molecular complexity index is 88.5. The third-order valence-electron chi connectivity index (χ3n) is 1.24. The molecule has 0 aliphatic heterocycles. The van der Waals surface area contributed by atoms with E-state index in [0.717, 1.165) is 19.3 Å². The number of carbonyl (C=O) groups is 1. The third-order valence-corrected chi connectivity index (χ3v) is 1.24. The molecule has 4 heteroatoms. The van der Waals surface area contributed by atoms with E-state index in [1.807, 2.05) is 0 Å². The molecule has 2 nitrogen and oxygen atoms in total. The van der Waals surface area contributed by atoms with E-state index in [1.54, 1.807) is 0 Å². The molecule has 66 valence electrons. The predicted molar refractivity (Wildman–Crippen MR) is 47.5 cm³/mol. The SMILES string of the molecule is CCCCCCC(=O)O.P.[Zr]. The van der Waals surface area contributed by atoms with E-state index in [-0.39, 0.29) is 36.1 Å². The van der Waals surface area contributed by atoms with Crippen LogP contribution in [0.25, 0.3) is 0 Å². The summed E-state index contributed by atoms with van der Waals surface area (Å²) in [5, 5.41) is 8.21. The van der Waals surface area contributed by atoms with Crippen molar-refractivity contribution in [2.45, 2.75) is 39.0 Å². The van der Waals surface area contributed by atoms with Crippen molar-refractivity contribution in [3.8, 4) is 0 Å². The van der Waals surface area contributed by atoms with Crippen LogP contribution in [0.3, 0.4) is 0 Å². The zero-order valence-corrected chi connectivity index (χ0v) is 11.0. The standard InChI is InChI=1S/C7H14O2.H3P.Zr/c1-2-3-4-5-6-7(8)9;;/h2-6H2,1H3,(H,8,9);1H3;. The molecule has 0 saturated heterocycles. The average molecular weight is 255 g/mol. The van der Waals surface area contributed by atoms with E-state index in [0.29, 0.717) is 6.42 Å². The maximum Gasteiger partial charge on any atom is 0.303 e. The van der Waals surface area contributed by atoms with Gasteiger partial charge in [0.25, 0.3) is 0 Å². The zero-order chi connectivity index (χ0) is 7.11. The zero-order valence-electron chi connectivity index (χ0n) is 7.10. The van der Waals surface area contributed by atoms with Crippen LogP contribution in [-0.2, 0) is 31.0 Å². The van der Waals surface area contributed by atoms with Crippen LogP contribution in [0.1, 0.15) is 39.0 Å². The Morgan fingerprint density at radius 1 is 1.27 bits per heavy atom. The molecular formula is C7H17O2PZr. The molecule has 0 saturated carbocycles. The first-order valence-corrected chi connectivity index (χ1v) is 3.49. The summed E-state index contributed by atoms with van der Waals surface area (Å²) in [6, 6.07) is 0. The number of unbranched alkanes of at least 4 members (excludes halogenated alkanes) is 3. The second-order valence-electron chi connectivity index (χ2n) is 2.20. The van der Waals surface area contributed by atoms with Gasteiger partial charge in [0, 0.05) is 32.6 Å².